The highest BCUT2D eigenvalue weighted by molar-refractivity contribution is 7.99. The van der Waals surface area contributed by atoms with Gasteiger partial charge in [-0.05, 0) is 61.4 Å². The zero-order valence-corrected chi connectivity index (χ0v) is 16.4. The monoisotopic (exact) mass is 396 g/mol. The SMILES string of the molecule is Cc1ccc(Sc2ncccc2C(=O)OCC(=O)NCc2ccco2)cc1C. The second-order valence-electron chi connectivity index (χ2n) is 6.14. The fourth-order valence-electron chi connectivity index (χ4n) is 2.38. The topological polar surface area (TPSA) is 81.4 Å². The summed E-state index contributed by atoms with van der Waals surface area (Å²) in [7, 11) is 0. The molecule has 0 fully saturated rings. The average molecular weight is 396 g/mol. The van der Waals surface area contributed by atoms with Crippen LogP contribution in [0.25, 0.3) is 0 Å². The van der Waals surface area contributed by atoms with E-state index in [4.69, 9.17) is 9.15 Å². The van der Waals surface area contributed by atoms with Crippen LogP contribution < -0.4 is 5.32 Å². The number of nitrogens with one attached hydrogen (secondary N) is 1. The Kier molecular flexibility index (Phi) is 6.49. The first kappa shape index (κ1) is 19.7. The first-order valence-corrected chi connectivity index (χ1v) is 9.51. The number of esters is 1. The van der Waals surface area contributed by atoms with Crippen LogP contribution in [0.1, 0.15) is 27.2 Å². The lowest BCUT2D eigenvalue weighted by Gasteiger charge is -2.09. The van der Waals surface area contributed by atoms with Crippen molar-refractivity contribution in [2.45, 2.75) is 30.3 Å². The molecule has 28 heavy (non-hydrogen) atoms. The van der Waals surface area contributed by atoms with Crippen LogP contribution in [0.3, 0.4) is 0 Å². The molecule has 1 amide bonds. The molecular weight excluding hydrogens is 376 g/mol. The van der Waals surface area contributed by atoms with Crippen molar-refractivity contribution in [2.75, 3.05) is 6.61 Å². The quantitative estimate of drug-likeness (QED) is 0.610. The van der Waals surface area contributed by atoms with E-state index in [9.17, 15) is 9.59 Å². The van der Waals surface area contributed by atoms with Crippen LogP contribution in [-0.2, 0) is 16.1 Å². The molecule has 6 nitrogen and oxygen atoms in total. The first-order chi connectivity index (χ1) is 13.5. The second-order valence-corrected chi connectivity index (χ2v) is 7.20. The number of nitrogens with zero attached hydrogens (tertiary/aromatic N) is 1. The van der Waals surface area contributed by atoms with Gasteiger partial charge in [0.15, 0.2) is 6.61 Å². The zero-order chi connectivity index (χ0) is 19.9. The van der Waals surface area contributed by atoms with E-state index in [1.54, 1.807) is 30.5 Å². The highest BCUT2D eigenvalue weighted by Crippen LogP contribution is 2.30. The molecule has 0 saturated carbocycles. The van der Waals surface area contributed by atoms with E-state index in [1.807, 2.05) is 32.0 Å². The minimum absolute atomic E-state index is 0.240. The molecule has 0 saturated heterocycles. The van der Waals surface area contributed by atoms with Crippen molar-refractivity contribution in [1.29, 1.82) is 0 Å². The van der Waals surface area contributed by atoms with Crippen LogP contribution >= 0.6 is 11.8 Å². The number of hydrogen-bond donors (Lipinski definition) is 1. The van der Waals surface area contributed by atoms with Gasteiger partial charge in [0.1, 0.15) is 10.8 Å². The van der Waals surface area contributed by atoms with Crippen LogP contribution in [0.2, 0.25) is 0 Å². The summed E-state index contributed by atoms with van der Waals surface area (Å²) in [5.41, 5.74) is 2.69. The van der Waals surface area contributed by atoms with Crippen LogP contribution in [0, 0.1) is 13.8 Å². The molecule has 0 radical (unpaired) electrons. The Labute approximate surface area is 167 Å². The van der Waals surface area contributed by atoms with Crippen molar-refractivity contribution in [3.63, 3.8) is 0 Å². The van der Waals surface area contributed by atoms with Gasteiger partial charge >= 0.3 is 5.97 Å². The first-order valence-electron chi connectivity index (χ1n) is 8.69. The molecule has 0 aliphatic carbocycles. The third kappa shape index (κ3) is 5.23. The summed E-state index contributed by atoms with van der Waals surface area (Å²) in [6, 6.07) is 12.8. The largest absolute Gasteiger partial charge is 0.467 e. The van der Waals surface area contributed by atoms with Gasteiger partial charge in [0.25, 0.3) is 5.91 Å². The van der Waals surface area contributed by atoms with E-state index in [2.05, 4.69) is 10.3 Å². The maximum absolute atomic E-state index is 12.4. The predicted molar refractivity (Wildman–Crippen MR) is 105 cm³/mol. The Balaban J connectivity index is 1.60. The summed E-state index contributed by atoms with van der Waals surface area (Å²) in [6.45, 7) is 3.95. The molecule has 144 valence electrons. The summed E-state index contributed by atoms with van der Waals surface area (Å²) in [5.74, 6) is -0.372. The number of hydrogen-bond acceptors (Lipinski definition) is 6. The van der Waals surface area contributed by atoms with Crippen molar-refractivity contribution in [3.05, 3.63) is 77.4 Å². The zero-order valence-electron chi connectivity index (χ0n) is 15.6. The molecule has 3 aromatic rings. The van der Waals surface area contributed by atoms with E-state index in [0.29, 0.717) is 16.3 Å². The minimum Gasteiger partial charge on any atom is -0.467 e. The van der Waals surface area contributed by atoms with Gasteiger partial charge in [0.2, 0.25) is 0 Å². The molecule has 0 aliphatic rings. The van der Waals surface area contributed by atoms with E-state index < -0.39 is 11.9 Å². The van der Waals surface area contributed by atoms with Crippen molar-refractivity contribution in [1.82, 2.24) is 10.3 Å². The fourth-order valence-corrected chi connectivity index (χ4v) is 3.35. The summed E-state index contributed by atoms with van der Waals surface area (Å²) in [5, 5.41) is 3.16. The van der Waals surface area contributed by atoms with Gasteiger partial charge in [-0.3, -0.25) is 4.79 Å². The second kappa shape index (κ2) is 9.23. The molecule has 1 N–H and O–H groups in total. The Morgan fingerprint density at radius 1 is 1.14 bits per heavy atom. The molecule has 7 heteroatoms. The molecule has 3 rings (SSSR count). The highest BCUT2D eigenvalue weighted by atomic mass is 32.2. The van der Waals surface area contributed by atoms with Gasteiger partial charge in [-0.15, -0.1) is 0 Å². The lowest BCUT2D eigenvalue weighted by atomic mass is 10.1. The molecule has 0 spiro atoms. The highest BCUT2D eigenvalue weighted by Gasteiger charge is 2.16. The van der Waals surface area contributed by atoms with Gasteiger partial charge in [0, 0.05) is 11.1 Å². The van der Waals surface area contributed by atoms with Crippen LogP contribution in [0.15, 0.2) is 69.3 Å². The van der Waals surface area contributed by atoms with Crippen LogP contribution in [0.4, 0.5) is 0 Å². The summed E-state index contributed by atoms with van der Waals surface area (Å²) >= 11 is 1.38. The number of benzene rings is 1. The van der Waals surface area contributed by atoms with Gasteiger partial charge in [-0.2, -0.15) is 0 Å². The number of rotatable bonds is 7. The number of furan rings is 1. The van der Waals surface area contributed by atoms with Gasteiger partial charge in [0.05, 0.1) is 18.4 Å². The summed E-state index contributed by atoms with van der Waals surface area (Å²) < 4.78 is 10.3. The maximum Gasteiger partial charge on any atom is 0.341 e. The fraction of sp³-hybridized carbons (Fsp3) is 0.190. The molecule has 0 unspecified atom stereocenters. The number of ether oxygens (including phenoxy) is 1. The number of amides is 1. The normalized spacial score (nSPS) is 10.5. The summed E-state index contributed by atoms with van der Waals surface area (Å²) in [6.07, 6.45) is 3.15. The molecule has 2 heterocycles. The van der Waals surface area contributed by atoms with Crippen molar-refractivity contribution < 1.29 is 18.7 Å². The lowest BCUT2D eigenvalue weighted by molar-refractivity contribution is -0.124. The molecular formula is C21H20N2O4S. The van der Waals surface area contributed by atoms with Crippen molar-refractivity contribution in [3.8, 4) is 0 Å². The third-order valence-corrected chi connectivity index (χ3v) is 5.07. The van der Waals surface area contributed by atoms with E-state index in [1.165, 1.54) is 29.2 Å². The standard InChI is InChI=1S/C21H20N2O4S/c1-14-7-8-17(11-15(14)2)28-20-18(6-3-9-22-20)21(25)27-13-19(24)23-12-16-5-4-10-26-16/h3-11H,12-13H2,1-2H3,(H,23,24). The van der Waals surface area contributed by atoms with E-state index in [0.717, 1.165) is 4.90 Å². The van der Waals surface area contributed by atoms with Gasteiger partial charge in [-0.25, -0.2) is 9.78 Å². The molecule has 1 aromatic carbocycles. The smallest absolute Gasteiger partial charge is 0.341 e. The number of aromatic nitrogens is 1. The maximum atomic E-state index is 12.4. The Morgan fingerprint density at radius 3 is 2.75 bits per heavy atom. The third-order valence-electron chi connectivity index (χ3n) is 4.06. The van der Waals surface area contributed by atoms with Gasteiger partial charge in [-0.1, -0.05) is 17.8 Å². The minimum atomic E-state index is -0.590. The molecule has 0 bridgehead atoms. The molecule has 2 aromatic heterocycles. The predicted octanol–water partition coefficient (Wildman–Crippen LogP) is 3.92. The van der Waals surface area contributed by atoms with Crippen LogP contribution in [0.5, 0.6) is 0 Å². The number of aryl methyl sites for hydroxylation is 2. The van der Waals surface area contributed by atoms with Crippen LogP contribution in [-0.4, -0.2) is 23.5 Å². The number of carbonyl (C=O) groups is 2. The Morgan fingerprint density at radius 2 is 2.00 bits per heavy atom. The van der Waals surface area contributed by atoms with E-state index in [-0.39, 0.29) is 13.2 Å². The molecule has 0 aliphatic heterocycles. The number of carbonyl (C=O) groups excluding carboxylic acids is 2. The average Bonchev–Trinajstić information content (AvgIpc) is 3.21. The van der Waals surface area contributed by atoms with Crippen molar-refractivity contribution in [2.24, 2.45) is 0 Å². The van der Waals surface area contributed by atoms with Gasteiger partial charge < -0.3 is 14.5 Å². The Bertz CT molecular complexity index is 970. The summed E-state index contributed by atoms with van der Waals surface area (Å²) in [4.78, 5) is 29.6. The van der Waals surface area contributed by atoms with E-state index >= 15 is 0 Å². The lowest BCUT2D eigenvalue weighted by Crippen LogP contribution is -2.28. The Hall–Kier alpha value is -3.06. The molecule has 0 atom stereocenters. The van der Waals surface area contributed by atoms with Crippen molar-refractivity contribution >= 4 is 23.6 Å². The number of pyridine rings is 1.